The maximum absolute atomic E-state index is 9.99. The summed E-state index contributed by atoms with van der Waals surface area (Å²) in [7, 11) is 1.24. The van der Waals surface area contributed by atoms with Gasteiger partial charge in [0.1, 0.15) is 18.3 Å². The second kappa shape index (κ2) is 10.5. The highest BCUT2D eigenvalue weighted by Gasteiger charge is 2.44. The molecule has 1 aliphatic rings. The van der Waals surface area contributed by atoms with E-state index >= 15 is 0 Å². The highest BCUT2D eigenvalue weighted by Crippen LogP contribution is 2.25. The smallest absolute Gasteiger partial charge is 0.209 e. The van der Waals surface area contributed by atoms with Crippen molar-refractivity contribution >= 4 is 25.3 Å². The van der Waals surface area contributed by atoms with Crippen LogP contribution in [-0.4, -0.2) is 99.6 Å². The molecular weight excluding hydrogens is 364 g/mol. The highest BCUT2D eigenvalue weighted by atomic mass is 32.1. The van der Waals surface area contributed by atoms with Crippen molar-refractivity contribution in [2.24, 2.45) is 0 Å². The third kappa shape index (κ3) is 5.68. The van der Waals surface area contributed by atoms with E-state index in [1.807, 2.05) is 0 Å². The fraction of sp³-hybridized carbons (Fsp3) is 1.00. The third-order valence-electron chi connectivity index (χ3n) is 3.69. The van der Waals surface area contributed by atoms with Gasteiger partial charge in [-0.25, -0.2) is 0 Å². The molecule has 144 valence electrons. The van der Waals surface area contributed by atoms with Crippen molar-refractivity contribution in [2.45, 2.75) is 62.4 Å². The first kappa shape index (κ1) is 22.4. The number of ether oxygens (including phenoxy) is 4. The lowest BCUT2D eigenvalue weighted by Crippen LogP contribution is -2.59. The molecular formula is C13H26O9S2. The summed E-state index contributed by atoms with van der Waals surface area (Å²) in [5.74, 6) is 0.270. The van der Waals surface area contributed by atoms with E-state index in [-0.39, 0.29) is 11.5 Å². The molecule has 9 nitrogen and oxygen atoms in total. The molecule has 0 saturated carbocycles. The zero-order valence-electron chi connectivity index (χ0n) is 13.4. The average Bonchev–Trinajstić information content (AvgIpc) is 2.55. The predicted molar refractivity (Wildman–Crippen MR) is 88.8 cm³/mol. The Morgan fingerprint density at radius 3 is 2.17 bits per heavy atom. The molecule has 24 heavy (non-hydrogen) atoms. The first-order chi connectivity index (χ1) is 11.3. The van der Waals surface area contributed by atoms with Crippen LogP contribution in [0, 0.1) is 0 Å². The Morgan fingerprint density at radius 1 is 1.08 bits per heavy atom. The molecule has 1 aliphatic heterocycles. The summed E-state index contributed by atoms with van der Waals surface area (Å²) in [6, 6.07) is 0. The summed E-state index contributed by atoms with van der Waals surface area (Å²) in [5, 5.41) is 47.9. The number of rotatable bonds is 9. The monoisotopic (exact) mass is 390 g/mol. The Kier molecular flexibility index (Phi) is 9.77. The number of hydrogen-bond acceptors (Lipinski definition) is 11. The first-order valence-electron chi connectivity index (χ1n) is 7.38. The van der Waals surface area contributed by atoms with Crippen LogP contribution in [0.25, 0.3) is 0 Å². The van der Waals surface area contributed by atoms with Gasteiger partial charge in [-0.05, 0) is 6.92 Å². The molecule has 0 amide bonds. The predicted octanol–water partition coefficient (Wildman–Crippen LogP) is -2.27. The van der Waals surface area contributed by atoms with Crippen LogP contribution < -0.4 is 0 Å². The van der Waals surface area contributed by atoms with Crippen molar-refractivity contribution in [1.29, 1.82) is 0 Å². The molecule has 1 rings (SSSR count). The number of aliphatic hydroxyl groups excluding tert-OH is 4. The van der Waals surface area contributed by atoms with E-state index in [2.05, 4.69) is 25.3 Å². The van der Waals surface area contributed by atoms with E-state index in [9.17, 15) is 15.3 Å². The standard InChI is InChI=1S/C13H26O9S2/c1-5(6(3-23)21-13(19-2)11(17)18)20-12-10(16)9(15)8(14)7(4-24)22-12/h5-18,23-24H,3-4H2,1-2H3/t5-,6?,7?,8?,9?,10?,12?,13?/m0/s1. The first-order valence-corrected chi connectivity index (χ1v) is 8.64. The fourth-order valence-corrected chi connectivity index (χ4v) is 2.89. The van der Waals surface area contributed by atoms with Gasteiger partial charge in [-0.3, -0.25) is 0 Å². The summed E-state index contributed by atoms with van der Waals surface area (Å²) in [5.41, 5.74) is 0. The second-order valence-electron chi connectivity index (χ2n) is 5.41. The van der Waals surface area contributed by atoms with Crippen LogP contribution in [0.4, 0.5) is 0 Å². The molecule has 0 radical (unpaired) electrons. The maximum atomic E-state index is 9.99. The van der Waals surface area contributed by atoms with Crippen molar-refractivity contribution in [1.82, 2.24) is 0 Å². The normalized spacial score (nSPS) is 35.0. The molecule has 1 heterocycles. The SMILES string of the molecule is COC(OC(CS)[C@H](C)OC1OC(CS)C(O)C(O)C1O)C(O)O. The highest BCUT2D eigenvalue weighted by molar-refractivity contribution is 7.80. The van der Waals surface area contributed by atoms with E-state index in [1.54, 1.807) is 6.92 Å². The molecule has 7 unspecified atom stereocenters. The zero-order chi connectivity index (χ0) is 18.4. The average molecular weight is 390 g/mol. The lowest BCUT2D eigenvalue weighted by atomic mass is 10.00. The zero-order valence-corrected chi connectivity index (χ0v) is 15.2. The van der Waals surface area contributed by atoms with Gasteiger partial charge in [-0.1, -0.05) is 0 Å². The van der Waals surface area contributed by atoms with Gasteiger partial charge in [0.15, 0.2) is 6.29 Å². The third-order valence-corrected chi connectivity index (χ3v) is 4.41. The molecule has 1 fully saturated rings. The number of hydrogen-bond donors (Lipinski definition) is 7. The minimum Gasteiger partial charge on any atom is -0.388 e. The summed E-state index contributed by atoms with van der Waals surface area (Å²) in [6.45, 7) is 1.60. The minimum absolute atomic E-state index is 0.119. The van der Waals surface area contributed by atoms with E-state index < -0.39 is 55.5 Å². The Bertz CT molecular complexity index is 360. The fourth-order valence-electron chi connectivity index (χ4n) is 2.20. The lowest BCUT2D eigenvalue weighted by molar-refractivity contribution is -0.319. The summed E-state index contributed by atoms with van der Waals surface area (Å²) >= 11 is 8.14. The molecule has 0 aliphatic carbocycles. The molecule has 8 atom stereocenters. The van der Waals surface area contributed by atoms with Crippen molar-refractivity contribution in [3.63, 3.8) is 0 Å². The molecule has 1 saturated heterocycles. The van der Waals surface area contributed by atoms with Crippen molar-refractivity contribution in [3.8, 4) is 0 Å². The van der Waals surface area contributed by atoms with E-state index in [0.717, 1.165) is 0 Å². The molecule has 0 bridgehead atoms. The van der Waals surface area contributed by atoms with Crippen molar-refractivity contribution in [2.75, 3.05) is 18.6 Å². The van der Waals surface area contributed by atoms with Crippen LogP contribution in [0.2, 0.25) is 0 Å². The quantitative estimate of drug-likeness (QED) is 0.172. The maximum Gasteiger partial charge on any atom is 0.209 e. The summed E-state index contributed by atoms with van der Waals surface area (Å²) in [4.78, 5) is 0. The van der Waals surface area contributed by atoms with Crippen LogP contribution in [0.3, 0.4) is 0 Å². The molecule has 0 aromatic carbocycles. The van der Waals surface area contributed by atoms with Gasteiger partial charge in [0.25, 0.3) is 0 Å². The second-order valence-corrected chi connectivity index (χ2v) is 6.14. The largest absolute Gasteiger partial charge is 0.388 e. The molecule has 5 N–H and O–H groups in total. The Labute approximate surface area is 151 Å². The van der Waals surface area contributed by atoms with Crippen LogP contribution in [0.15, 0.2) is 0 Å². The number of methoxy groups -OCH3 is 1. The molecule has 0 aromatic heterocycles. The van der Waals surface area contributed by atoms with Gasteiger partial charge in [-0.2, -0.15) is 25.3 Å². The lowest BCUT2D eigenvalue weighted by Gasteiger charge is -2.41. The van der Waals surface area contributed by atoms with E-state index in [1.165, 1.54) is 7.11 Å². The van der Waals surface area contributed by atoms with E-state index in [0.29, 0.717) is 0 Å². The van der Waals surface area contributed by atoms with Crippen LogP contribution in [0.5, 0.6) is 0 Å². The van der Waals surface area contributed by atoms with Crippen molar-refractivity contribution in [3.05, 3.63) is 0 Å². The van der Waals surface area contributed by atoms with Gasteiger partial charge in [0.2, 0.25) is 12.6 Å². The van der Waals surface area contributed by atoms with Crippen LogP contribution in [-0.2, 0) is 18.9 Å². The van der Waals surface area contributed by atoms with Gasteiger partial charge in [-0.15, -0.1) is 0 Å². The van der Waals surface area contributed by atoms with Gasteiger partial charge >= 0.3 is 0 Å². The van der Waals surface area contributed by atoms with Crippen molar-refractivity contribution < 1.29 is 44.5 Å². The summed E-state index contributed by atoms with van der Waals surface area (Å²) < 4.78 is 21.1. The number of thiol groups is 2. The topological polar surface area (TPSA) is 138 Å². The van der Waals surface area contributed by atoms with E-state index in [4.69, 9.17) is 29.2 Å². The van der Waals surface area contributed by atoms with Crippen LogP contribution in [0.1, 0.15) is 6.92 Å². The Hall–Kier alpha value is 0.340. The van der Waals surface area contributed by atoms with Gasteiger partial charge in [0, 0.05) is 18.6 Å². The van der Waals surface area contributed by atoms with Gasteiger partial charge in [0.05, 0.1) is 18.3 Å². The molecule has 11 heteroatoms. The Balaban J connectivity index is 2.70. The molecule has 0 aromatic rings. The Morgan fingerprint density at radius 2 is 1.71 bits per heavy atom. The minimum atomic E-state index is -1.85. The van der Waals surface area contributed by atoms with Gasteiger partial charge < -0.3 is 44.5 Å². The van der Waals surface area contributed by atoms with Crippen LogP contribution >= 0.6 is 25.3 Å². The molecule has 0 spiro atoms. The number of aliphatic hydroxyl groups is 5. The summed E-state index contributed by atoms with van der Waals surface area (Å²) in [6.07, 6.45) is -10.8.